The van der Waals surface area contributed by atoms with Gasteiger partial charge < -0.3 is 10.2 Å². The molecule has 1 aliphatic heterocycles. The first-order chi connectivity index (χ1) is 9.25. The van der Waals surface area contributed by atoms with Crippen LogP contribution < -0.4 is 5.32 Å². The Kier molecular flexibility index (Phi) is 10.4. The van der Waals surface area contributed by atoms with Crippen LogP contribution in [0, 0.1) is 0 Å². The predicted molar refractivity (Wildman–Crippen MR) is 90.3 cm³/mol. The van der Waals surface area contributed by atoms with E-state index in [2.05, 4.69) is 10.3 Å². The number of rotatable bonds is 6. The number of likely N-dealkylation sites (N-methyl/N-ethyl adjacent to an activating group) is 1. The molecule has 1 aromatic heterocycles. The fourth-order valence-electron chi connectivity index (χ4n) is 2.46. The molecule has 1 unspecified atom stereocenters. The van der Waals surface area contributed by atoms with Gasteiger partial charge in [0.2, 0.25) is 5.91 Å². The summed E-state index contributed by atoms with van der Waals surface area (Å²) in [6.07, 6.45) is 8.58. The van der Waals surface area contributed by atoms with Crippen LogP contribution in [-0.2, 0) is 11.2 Å². The molecule has 0 spiro atoms. The fraction of sp³-hybridized carbons (Fsp3) is 0.600. The van der Waals surface area contributed by atoms with Gasteiger partial charge in [0.05, 0.1) is 0 Å². The van der Waals surface area contributed by atoms with E-state index in [1.54, 1.807) is 12.4 Å². The van der Waals surface area contributed by atoms with Crippen molar-refractivity contribution in [1.82, 2.24) is 15.2 Å². The number of nitrogens with one attached hydrogen (secondary N) is 1. The van der Waals surface area contributed by atoms with E-state index in [0.29, 0.717) is 12.5 Å². The van der Waals surface area contributed by atoms with Crippen molar-refractivity contribution in [1.29, 1.82) is 0 Å². The van der Waals surface area contributed by atoms with Crippen LogP contribution >= 0.6 is 24.8 Å². The molecule has 1 N–H and O–H groups in total. The SMILES string of the molecule is CN(CCc1ccncc1)C(=O)CCC1CCCN1.Cl.Cl. The predicted octanol–water partition coefficient (Wildman–Crippen LogP) is 2.46. The van der Waals surface area contributed by atoms with Crippen molar-refractivity contribution in [2.75, 3.05) is 20.1 Å². The van der Waals surface area contributed by atoms with Crippen LogP contribution in [0.3, 0.4) is 0 Å². The Morgan fingerprint density at radius 3 is 2.71 bits per heavy atom. The van der Waals surface area contributed by atoms with E-state index in [1.807, 2.05) is 24.1 Å². The van der Waals surface area contributed by atoms with E-state index in [9.17, 15) is 4.79 Å². The number of aromatic nitrogens is 1. The first-order valence-electron chi connectivity index (χ1n) is 7.12. The Bertz CT molecular complexity index is 397. The van der Waals surface area contributed by atoms with Gasteiger partial charge in [-0.3, -0.25) is 9.78 Å². The molecule has 1 aromatic rings. The van der Waals surface area contributed by atoms with Crippen LogP contribution in [-0.4, -0.2) is 42.0 Å². The van der Waals surface area contributed by atoms with Crippen LogP contribution in [0.2, 0.25) is 0 Å². The van der Waals surface area contributed by atoms with E-state index in [0.717, 1.165) is 25.9 Å². The summed E-state index contributed by atoms with van der Waals surface area (Å²) >= 11 is 0. The number of hydrogen-bond acceptors (Lipinski definition) is 3. The summed E-state index contributed by atoms with van der Waals surface area (Å²) in [4.78, 5) is 17.8. The van der Waals surface area contributed by atoms with Gasteiger partial charge in [0.25, 0.3) is 0 Å². The van der Waals surface area contributed by atoms with Crippen LogP contribution in [0.15, 0.2) is 24.5 Å². The first kappa shape index (κ1) is 20.2. The molecule has 1 saturated heterocycles. The molecule has 4 nitrogen and oxygen atoms in total. The van der Waals surface area contributed by atoms with Gasteiger partial charge in [0.15, 0.2) is 0 Å². The molecule has 0 radical (unpaired) electrons. The lowest BCUT2D eigenvalue weighted by Crippen LogP contribution is -2.30. The summed E-state index contributed by atoms with van der Waals surface area (Å²) < 4.78 is 0. The highest BCUT2D eigenvalue weighted by atomic mass is 35.5. The number of halogens is 2. The second kappa shape index (κ2) is 10.8. The van der Waals surface area contributed by atoms with E-state index in [-0.39, 0.29) is 30.7 Å². The van der Waals surface area contributed by atoms with Crippen molar-refractivity contribution in [2.24, 2.45) is 0 Å². The number of amides is 1. The quantitative estimate of drug-likeness (QED) is 0.869. The number of pyridine rings is 1. The minimum Gasteiger partial charge on any atom is -0.345 e. The monoisotopic (exact) mass is 333 g/mol. The van der Waals surface area contributed by atoms with Gasteiger partial charge in [0.1, 0.15) is 0 Å². The summed E-state index contributed by atoms with van der Waals surface area (Å²) in [7, 11) is 1.89. The molecule has 0 saturated carbocycles. The minimum absolute atomic E-state index is 0. The van der Waals surface area contributed by atoms with E-state index >= 15 is 0 Å². The molecule has 2 heterocycles. The lowest BCUT2D eigenvalue weighted by molar-refractivity contribution is -0.130. The molecule has 2 rings (SSSR count). The maximum absolute atomic E-state index is 12.0. The Hall–Kier alpha value is -0.840. The second-order valence-corrected chi connectivity index (χ2v) is 5.25. The lowest BCUT2D eigenvalue weighted by atomic mass is 10.1. The Labute approximate surface area is 139 Å². The Morgan fingerprint density at radius 2 is 2.10 bits per heavy atom. The van der Waals surface area contributed by atoms with Crippen LogP contribution in [0.5, 0.6) is 0 Å². The highest BCUT2D eigenvalue weighted by Crippen LogP contribution is 2.11. The molecule has 1 atom stereocenters. The molecule has 0 aromatic carbocycles. The van der Waals surface area contributed by atoms with Crippen molar-refractivity contribution >= 4 is 30.7 Å². The average molecular weight is 334 g/mol. The summed E-state index contributed by atoms with van der Waals surface area (Å²) in [6.45, 7) is 1.89. The zero-order valence-electron chi connectivity index (χ0n) is 12.5. The molecule has 21 heavy (non-hydrogen) atoms. The van der Waals surface area contributed by atoms with E-state index < -0.39 is 0 Å². The van der Waals surface area contributed by atoms with Gasteiger partial charge in [-0.25, -0.2) is 0 Å². The van der Waals surface area contributed by atoms with Gasteiger partial charge in [-0.1, -0.05) is 0 Å². The van der Waals surface area contributed by atoms with Crippen LogP contribution in [0.1, 0.15) is 31.2 Å². The standard InChI is InChI=1S/C15H23N3O.2ClH/c1-18(12-8-13-6-10-16-11-7-13)15(19)5-4-14-3-2-9-17-14;;/h6-7,10-11,14,17H,2-5,8-9,12H2,1H3;2*1H. The molecule has 0 aliphatic carbocycles. The number of nitrogens with zero attached hydrogens (tertiary/aromatic N) is 2. The summed E-state index contributed by atoms with van der Waals surface area (Å²) in [5, 5.41) is 3.43. The zero-order valence-corrected chi connectivity index (χ0v) is 14.1. The molecule has 0 bridgehead atoms. The van der Waals surface area contributed by atoms with Crippen molar-refractivity contribution in [3.8, 4) is 0 Å². The molecule has 1 aliphatic rings. The largest absolute Gasteiger partial charge is 0.345 e. The van der Waals surface area contributed by atoms with Crippen molar-refractivity contribution in [3.63, 3.8) is 0 Å². The first-order valence-corrected chi connectivity index (χ1v) is 7.12. The smallest absolute Gasteiger partial charge is 0.222 e. The van der Waals surface area contributed by atoms with E-state index in [1.165, 1.54) is 18.4 Å². The van der Waals surface area contributed by atoms with Crippen LogP contribution in [0.4, 0.5) is 0 Å². The summed E-state index contributed by atoms with van der Waals surface area (Å²) in [5.41, 5.74) is 1.23. The molecule has 6 heteroatoms. The lowest BCUT2D eigenvalue weighted by Gasteiger charge is -2.18. The van der Waals surface area contributed by atoms with Crippen molar-refractivity contribution < 1.29 is 4.79 Å². The third kappa shape index (κ3) is 7.11. The minimum atomic E-state index is 0. The summed E-state index contributed by atoms with van der Waals surface area (Å²) in [6, 6.07) is 4.55. The normalized spacial score (nSPS) is 16.7. The molecule has 1 amide bonds. The van der Waals surface area contributed by atoms with Gasteiger partial charge in [-0.15, -0.1) is 24.8 Å². The second-order valence-electron chi connectivity index (χ2n) is 5.25. The number of carbonyl (C=O) groups is 1. The fourth-order valence-corrected chi connectivity index (χ4v) is 2.46. The van der Waals surface area contributed by atoms with Crippen molar-refractivity contribution in [3.05, 3.63) is 30.1 Å². The summed E-state index contributed by atoms with van der Waals surface area (Å²) in [5.74, 6) is 0.253. The van der Waals surface area contributed by atoms with Crippen LogP contribution in [0.25, 0.3) is 0 Å². The van der Waals surface area contributed by atoms with Gasteiger partial charge in [-0.05, 0) is 49.9 Å². The third-order valence-electron chi connectivity index (χ3n) is 3.78. The maximum Gasteiger partial charge on any atom is 0.222 e. The average Bonchev–Trinajstić information content (AvgIpc) is 2.96. The number of hydrogen-bond donors (Lipinski definition) is 1. The maximum atomic E-state index is 12.0. The molecule has 120 valence electrons. The molecule has 1 fully saturated rings. The number of carbonyl (C=O) groups excluding carboxylic acids is 1. The molecular formula is C15H25Cl2N3O. The van der Waals surface area contributed by atoms with Gasteiger partial charge in [0, 0.05) is 38.4 Å². The Morgan fingerprint density at radius 1 is 1.38 bits per heavy atom. The zero-order chi connectivity index (χ0) is 13.5. The van der Waals surface area contributed by atoms with Gasteiger partial charge in [-0.2, -0.15) is 0 Å². The Balaban J connectivity index is 0.00000200. The van der Waals surface area contributed by atoms with Crippen molar-refractivity contribution in [2.45, 2.75) is 38.1 Å². The van der Waals surface area contributed by atoms with E-state index in [4.69, 9.17) is 0 Å². The highest BCUT2D eigenvalue weighted by molar-refractivity contribution is 5.85. The third-order valence-corrected chi connectivity index (χ3v) is 3.78. The topological polar surface area (TPSA) is 45.2 Å². The highest BCUT2D eigenvalue weighted by Gasteiger charge is 2.16. The molecular weight excluding hydrogens is 309 g/mol. The van der Waals surface area contributed by atoms with Gasteiger partial charge >= 0.3 is 0 Å².